The predicted molar refractivity (Wildman–Crippen MR) is 107 cm³/mol. The van der Waals surface area contributed by atoms with Gasteiger partial charge in [0.05, 0.1) is 6.61 Å². The van der Waals surface area contributed by atoms with E-state index in [1.54, 1.807) is 0 Å². The highest BCUT2D eigenvalue weighted by Gasteiger charge is 2.06. The zero-order chi connectivity index (χ0) is 18.3. The molecule has 25 heavy (non-hydrogen) atoms. The number of aliphatic hydroxyl groups is 1. The first kappa shape index (κ1) is 22.0. The largest absolute Gasteiger partial charge is 0.508 e. The minimum atomic E-state index is 0.148. The first-order valence-electron chi connectivity index (χ1n) is 10.3. The highest BCUT2D eigenvalue weighted by atomic mass is 16.3. The minimum Gasteiger partial charge on any atom is -0.508 e. The number of phenols is 1. The Labute approximate surface area is 155 Å². The number of nitrogens with zero attached hydrogens (tertiary/aromatic N) is 1. The maximum absolute atomic E-state index is 10.0. The van der Waals surface area contributed by atoms with E-state index < -0.39 is 0 Å². The van der Waals surface area contributed by atoms with Gasteiger partial charge < -0.3 is 10.2 Å². The normalized spacial score (nSPS) is 11.4. The highest BCUT2D eigenvalue weighted by Crippen LogP contribution is 2.21. The van der Waals surface area contributed by atoms with Crippen LogP contribution in [0.4, 0.5) is 0 Å². The molecule has 1 rings (SSSR count). The Balaban J connectivity index is 2.18. The Hall–Kier alpha value is -1.06. The van der Waals surface area contributed by atoms with Gasteiger partial charge in [-0.15, -0.1) is 0 Å². The zero-order valence-electron chi connectivity index (χ0n) is 16.5. The molecule has 0 bridgehead atoms. The van der Waals surface area contributed by atoms with Gasteiger partial charge in [-0.3, -0.25) is 4.90 Å². The molecule has 0 atom stereocenters. The third-order valence-electron chi connectivity index (χ3n) is 4.88. The van der Waals surface area contributed by atoms with E-state index in [0.29, 0.717) is 18.8 Å². The lowest BCUT2D eigenvalue weighted by Gasteiger charge is -2.16. The van der Waals surface area contributed by atoms with Gasteiger partial charge in [0, 0.05) is 18.7 Å². The lowest BCUT2D eigenvalue weighted by Crippen LogP contribution is -2.21. The fourth-order valence-electron chi connectivity index (χ4n) is 3.28. The van der Waals surface area contributed by atoms with Crippen molar-refractivity contribution in [2.24, 2.45) is 0 Å². The molecule has 1 aromatic rings. The van der Waals surface area contributed by atoms with E-state index in [0.717, 1.165) is 12.0 Å². The summed E-state index contributed by atoms with van der Waals surface area (Å²) in [5.74, 6) is 0.358. The van der Waals surface area contributed by atoms with Crippen LogP contribution in [0, 0.1) is 0 Å². The first-order valence-corrected chi connectivity index (χ1v) is 10.3. The van der Waals surface area contributed by atoms with Crippen molar-refractivity contribution < 1.29 is 10.2 Å². The molecule has 0 amide bonds. The fraction of sp³-hybridized carbons (Fsp3) is 0.727. The van der Waals surface area contributed by atoms with E-state index in [9.17, 15) is 5.11 Å². The summed E-state index contributed by atoms with van der Waals surface area (Å²) < 4.78 is 0. The number of aryl methyl sites for hydroxylation is 1. The summed E-state index contributed by atoms with van der Waals surface area (Å²) in [6, 6.07) is 5.98. The van der Waals surface area contributed by atoms with Crippen LogP contribution < -0.4 is 0 Å². The third kappa shape index (κ3) is 10.5. The standard InChI is InChI=1S/C22H39NO2/c1-3-4-5-6-7-8-9-10-11-12-13-20-14-15-22(25)21(18-20)19-23(2)16-17-24/h14-15,18,24-25H,3-13,16-17,19H2,1-2H3. The number of phenolic OH excluding ortho intramolecular Hbond substituents is 1. The molecule has 0 aromatic heterocycles. The van der Waals surface area contributed by atoms with Crippen LogP contribution in [-0.2, 0) is 13.0 Å². The number of likely N-dealkylation sites (N-methyl/N-ethyl adjacent to an activating group) is 1. The van der Waals surface area contributed by atoms with Crippen molar-refractivity contribution in [2.45, 2.75) is 84.1 Å². The molecule has 0 spiro atoms. The number of hydrogen-bond acceptors (Lipinski definition) is 3. The molecule has 1 aromatic carbocycles. The summed E-state index contributed by atoms with van der Waals surface area (Å²) in [6.45, 7) is 3.72. The van der Waals surface area contributed by atoms with Gasteiger partial charge in [-0.05, 0) is 31.5 Å². The van der Waals surface area contributed by atoms with Crippen LogP contribution in [0.1, 0.15) is 82.3 Å². The van der Waals surface area contributed by atoms with Crippen LogP contribution in [0.5, 0.6) is 5.75 Å². The van der Waals surface area contributed by atoms with Crippen molar-refractivity contribution in [3.63, 3.8) is 0 Å². The molecule has 2 N–H and O–H groups in total. The summed E-state index contributed by atoms with van der Waals surface area (Å²) in [5, 5.41) is 19.0. The van der Waals surface area contributed by atoms with Crippen molar-refractivity contribution in [2.75, 3.05) is 20.2 Å². The van der Waals surface area contributed by atoms with E-state index in [1.165, 1.54) is 69.8 Å². The van der Waals surface area contributed by atoms with Crippen LogP contribution in [-0.4, -0.2) is 35.3 Å². The quantitative estimate of drug-likeness (QED) is 0.423. The molecule has 0 fully saturated rings. The molecule has 144 valence electrons. The van der Waals surface area contributed by atoms with Crippen molar-refractivity contribution in [3.05, 3.63) is 29.3 Å². The van der Waals surface area contributed by atoms with Crippen molar-refractivity contribution >= 4 is 0 Å². The Kier molecular flexibility index (Phi) is 12.4. The number of rotatable bonds is 15. The second-order valence-corrected chi connectivity index (χ2v) is 7.36. The SMILES string of the molecule is CCCCCCCCCCCCc1ccc(O)c(CN(C)CCO)c1. The Morgan fingerprint density at radius 2 is 1.48 bits per heavy atom. The van der Waals surface area contributed by atoms with Gasteiger partial charge in [-0.2, -0.15) is 0 Å². The van der Waals surface area contributed by atoms with Crippen LogP contribution in [0.2, 0.25) is 0 Å². The van der Waals surface area contributed by atoms with E-state index in [4.69, 9.17) is 5.11 Å². The molecular weight excluding hydrogens is 310 g/mol. The molecule has 0 heterocycles. The number of hydrogen-bond donors (Lipinski definition) is 2. The Morgan fingerprint density at radius 3 is 2.08 bits per heavy atom. The molecule has 0 aliphatic carbocycles. The second kappa shape index (κ2) is 14.1. The van der Waals surface area contributed by atoms with Crippen molar-refractivity contribution in [3.8, 4) is 5.75 Å². The fourth-order valence-corrected chi connectivity index (χ4v) is 3.28. The zero-order valence-corrected chi connectivity index (χ0v) is 16.5. The molecule has 0 unspecified atom stereocenters. The lowest BCUT2D eigenvalue weighted by atomic mass is 10.0. The maximum Gasteiger partial charge on any atom is 0.120 e. The van der Waals surface area contributed by atoms with Gasteiger partial charge >= 0.3 is 0 Å². The summed E-state index contributed by atoms with van der Waals surface area (Å²) in [7, 11) is 1.96. The molecule has 0 radical (unpaired) electrons. The van der Waals surface area contributed by atoms with E-state index in [2.05, 4.69) is 13.0 Å². The van der Waals surface area contributed by atoms with Crippen molar-refractivity contribution in [1.29, 1.82) is 0 Å². The van der Waals surface area contributed by atoms with Gasteiger partial charge in [-0.1, -0.05) is 76.8 Å². The molecule has 3 nitrogen and oxygen atoms in total. The number of unbranched alkanes of at least 4 members (excludes halogenated alkanes) is 9. The number of benzene rings is 1. The molecule has 3 heteroatoms. The van der Waals surface area contributed by atoms with Crippen LogP contribution in [0.3, 0.4) is 0 Å². The smallest absolute Gasteiger partial charge is 0.120 e. The highest BCUT2D eigenvalue weighted by molar-refractivity contribution is 5.36. The lowest BCUT2D eigenvalue weighted by molar-refractivity contribution is 0.216. The summed E-state index contributed by atoms with van der Waals surface area (Å²) in [6.07, 6.45) is 14.7. The molecule has 0 saturated carbocycles. The summed E-state index contributed by atoms with van der Waals surface area (Å²) in [4.78, 5) is 2.03. The van der Waals surface area contributed by atoms with Crippen LogP contribution in [0.15, 0.2) is 18.2 Å². The monoisotopic (exact) mass is 349 g/mol. The van der Waals surface area contributed by atoms with Gasteiger partial charge in [0.1, 0.15) is 5.75 Å². The van der Waals surface area contributed by atoms with Gasteiger partial charge in [0.15, 0.2) is 0 Å². The predicted octanol–water partition coefficient (Wildman–Crippen LogP) is 5.28. The van der Waals surface area contributed by atoms with Crippen LogP contribution >= 0.6 is 0 Å². The average molecular weight is 350 g/mol. The number of aromatic hydroxyl groups is 1. The summed E-state index contributed by atoms with van der Waals surface area (Å²) >= 11 is 0. The minimum absolute atomic E-state index is 0.148. The molecule has 0 aliphatic heterocycles. The summed E-state index contributed by atoms with van der Waals surface area (Å²) in [5.41, 5.74) is 2.27. The first-order chi connectivity index (χ1) is 12.2. The topological polar surface area (TPSA) is 43.7 Å². The Bertz CT molecular complexity index is 448. The van der Waals surface area contributed by atoms with E-state index in [-0.39, 0.29) is 6.61 Å². The Morgan fingerprint density at radius 1 is 0.880 bits per heavy atom. The maximum atomic E-state index is 10.0. The van der Waals surface area contributed by atoms with Gasteiger partial charge in [-0.25, -0.2) is 0 Å². The van der Waals surface area contributed by atoms with E-state index in [1.807, 2.05) is 24.1 Å². The average Bonchev–Trinajstić information content (AvgIpc) is 2.59. The molecule has 0 saturated heterocycles. The van der Waals surface area contributed by atoms with Gasteiger partial charge in [0.2, 0.25) is 0 Å². The number of aliphatic hydroxyl groups excluding tert-OH is 1. The second-order valence-electron chi connectivity index (χ2n) is 7.36. The molecule has 0 aliphatic rings. The van der Waals surface area contributed by atoms with Crippen molar-refractivity contribution in [1.82, 2.24) is 4.90 Å². The van der Waals surface area contributed by atoms with Crippen LogP contribution in [0.25, 0.3) is 0 Å². The molecular formula is C22H39NO2. The third-order valence-corrected chi connectivity index (χ3v) is 4.88. The van der Waals surface area contributed by atoms with E-state index >= 15 is 0 Å². The van der Waals surface area contributed by atoms with Gasteiger partial charge in [0.25, 0.3) is 0 Å².